The zero-order valence-corrected chi connectivity index (χ0v) is 12.3. The molecule has 1 atom stereocenters. The van der Waals surface area contributed by atoms with Crippen LogP contribution in [0.5, 0.6) is 0 Å². The van der Waals surface area contributed by atoms with Crippen molar-refractivity contribution in [1.29, 1.82) is 0 Å². The number of thioether (sulfide) groups is 1. The van der Waals surface area contributed by atoms with E-state index in [1.165, 1.54) is 0 Å². The Bertz CT molecular complexity index is 489. The van der Waals surface area contributed by atoms with Gasteiger partial charge in [-0.2, -0.15) is 16.9 Å². The van der Waals surface area contributed by atoms with Crippen LogP contribution in [0, 0.1) is 0 Å². The molecule has 0 saturated carbocycles. The van der Waals surface area contributed by atoms with E-state index in [-0.39, 0.29) is 18.4 Å². The Kier molecular flexibility index (Phi) is 5.05. The molecule has 1 aromatic heterocycles. The monoisotopic (exact) mass is 297 g/mol. The summed E-state index contributed by atoms with van der Waals surface area (Å²) in [6.07, 6.45) is 2.79. The summed E-state index contributed by atoms with van der Waals surface area (Å²) in [7, 11) is 1.85. The van der Waals surface area contributed by atoms with Crippen LogP contribution in [0.1, 0.15) is 18.5 Å². The number of rotatable bonds is 5. The van der Waals surface area contributed by atoms with Gasteiger partial charge in [0.25, 0.3) is 0 Å². The van der Waals surface area contributed by atoms with E-state index in [0.717, 1.165) is 11.4 Å². The lowest BCUT2D eigenvalue weighted by Crippen LogP contribution is -2.47. The molecule has 0 aromatic carbocycles. The number of carboxylic acid groups (broad SMARTS) is 1. The normalized spacial score (nSPS) is 19.1. The first-order valence-electron chi connectivity index (χ1n) is 6.64. The fourth-order valence-corrected chi connectivity index (χ4v) is 3.44. The molecule has 1 N–H and O–H groups in total. The van der Waals surface area contributed by atoms with Gasteiger partial charge in [-0.15, -0.1) is 0 Å². The van der Waals surface area contributed by atoms with Crippen LogP contribution in [0.25, 0.3) is 0 Å². The lowest BCUT2D eigenvalue weighted by Gasteiger charge is -2.34. The second-order valence-electron chi connectivity index (χ2n) is 4.86. The van der Waals surface area contributed by atoms with Crippen LogP contribution in [0.4, 0.5) is 0 Å². The molecule has 0 aliphatic carbocycles. The highest BCUT2D eigenvalue weighted by atomic mass is 32.2. The van der Waals surface area contributed by atoms with Gasteiger partial charge in [-0.05, 0) is 12.5 Å². The zero-order valence-electron chi connectivity index (χ0n) is 11.5. The largest absolute Gasteiger partial charge is 0.481 e. The molecular formula is C13H19N3O3S. The second kappa shape index (κ2) is 6.78. The third-order valence-electron chi connectivity index (χ3n) is 3.48. The van der Waals surface area contributed by atoms with Crippen molar-refractivity contribution in [1.82, 2.24) is 14.7 Å². The van der Waals surface area contributed by atoms with Crippen molar-refractivity contribution in [3.05, 3.63) is 18.0 Å². The van der Waals surface area contributed by atoms with Crippen molar-refractivity contribution in [3.8, 4) is 0 Å². The predicted octanol–water partition coefficient (Wildman–Crippen LogP) is 0.771. The number of carbonyl (C=O) groups is 2. The second-order valence-corrected chi connectivity index (χ2v) is 6.01. The molecule has 1 unspecified atom stereocenters. The number of aliphatic carboxylic acids is 1. The Morgan fingerprint density at radius 1 is 1.55 bits per heavy atom. The fraction of sp³-hybridized carbons (Fsp3) is 0.615. The van der Waals surface area contributed by atoms with E-state index >= 15 is 0 Å². The Labute approximate surface area is 122 Å². The topological polar surface area (TPSA) is 75.4 Å². The third kappa shape index (κ3) is 3.75. The number of carboxylic acids is 1. The van der Waals surface area contributed by atoms with Crippen LogP contribution in [0.3, 0.4) is 0 Å². The molecule has 110 valence electrons. The standard InChI is InChI=1S/C13H19N3O3S/c1-15-10(4-5-14-15)2-3-12(17)16-6-7-20-9-11(16)8-13(18)19/h4-5,11H,2-3,6-9H2,1H3,(H,18,19). The molecule has 0 bridgehead atoms. The van der Waals surface area contributed by atoms with Gasteiger partial charge in [0.2, 0.25) is 5.91 Å². The number of hydrogen-bond acceptors (Lipinski definition) is 4. The van der Waals surface area contributed by atoms with Crippen molar-refractivity contribution in [3.63, 3.8) is 0 Å². The van der Waals surface area contributed by atoms with E-state index in [1.54, 1.807) is 27.5 Å². The zero-order chi connectivity index (χ0) is 14.5. The van der Waals surface area contributed by atoms with Crippen molar-refractivity contribution in [2.45, 2.75) is 25.3 Å². The minimum absolute atomic E-state index is 0.0322. The predicted molar refractivity (Wildman–Crippen MR) is 76.6 cm³/mol. The van der Waals surface area contributed by atoms with E-state index in [4.69, 9.17) is 5.11 Å². The van der Waals surface area contributed by atoms with Crippen molar-refractivity contribution < 1.29 is 14.7 Å². The van der Waals surface area contributed by atoms with Gasteiger partial charge in [-0.25, -0.2) is 0 Å². The molecule has 7 heteroatoms. The first kappa shape index (κ1) is 14.9. The maximum Gasteiger partial charge on any atom is 0.305 e. The molecule has 6 nitrogen and oxygen atoms in total. The van der Waals surface area contributed by atoms with Crippen LogP contribution >= 0.6 is 11.8 Å². The van der Waals surface area contributed by atoms with Crippen molar-refractivity contribution in [2.24, 2.45) is 7.05 Å². The van der Waals surface area contributed by atoms with Gasteiger partial charge in [-0.1, -0.05) is 0 Å². The van der Waals surface area contributed by atoms with E-state index in [1.807, 2.05) is 13.1 Å². The molecule has 2 heterocycles. The Morgan fingerprint density at radius 3 is 3.00 bits per heavy atom. The van der Waals surface area contributed by atoms with Gasteiger partial charge in [0.1, 0.15) is 0 Å². The molecule has 1 aliphatic heterocycles. The lowest BCUT2D eigenvalue weighted by molar-refractivity contribution is -0.140. The summed E-state index contributed by atoms with van der Waals surface area (Å²) in [5, 5.41) is 13.0. The van der Waals surface area contributed by atoms with Gasteiger partial charge >= 0.3 is 5.97 Å². The molecule has 1 fully saturated rings. The summed E-state index contributed by atoms with van der Waals surface area (Å²) in [5.74, 6) is 0.789. The van der Waals surface area contributed by atoms with Gasteiger partial charge in [0.05, 0.1) is 12.5 Å². The first-order chi connectivity index (χ1) is 9.58. The van der Waals surface area contributed by atoms with E-state index < -0.39 is 5.97 Å². The number of amides is 1. The highest BCUT2D eigenvalue weighted by molar-refractivity contribution is 7.99. The van der Waals surface area contributed by atoms with Crippen molar-refractivity contribution >= 4 is 23.6 Å². The number of aromatic nitrogens is 2. The van der Waals surface area contributed by atoms with Crippen LogP contribution in [-0.2, 0) is 23.1 Å². The van der Waals surface area contributed by atoms with E-state index in [9.17, 15) is 9.59 Å². The Hall–Kier alpha value is -1.50. The minimum Gasteiger partial charge on any atom is -0.481 e. The number of nitrogens with zero attached hydrogens (tertiary/aromatic N) is 3. The summed E-state index contributed by atoms with van der Waals surface area (Å²) in [6.45, 7) is 0.646. The quantitative estimate of drug-likeness (QED) is 0.869. The highest BCUT2D eigenvalue weighted by Gasteiger charge is 2.28. The highest BCUT2D eigenvalue weighted by Crippen LogP contribution is 2.20. The van der Waals surface area contributed by atoms with Crippen LogP contribution in [0.2, 0.25) is 0 Å². The van der Waals surface area contributed by atoms with Crippen LogP contribution in [0.15, 0.2) is 12.3 Å². The number of hydrogen-bond donors (Lipinski definition) is 1. The van der Waals surface area contributed by atoms with Crippen molar-refractivity contribution in [2.75, 3.05) is 18.1 Å². The smallest absolute Gasteiger partial charge is 0.305 e. The molecule has 0 spiro atoms. The molecule has 1 saturated heterocycles. The molecule has 0 radical (unpaired) electrons. The van der Waals surface area contributed by atoms with E-state index in [0.29, 0.717) is 25.1 Å². The van der Waals surface area contributed by atoms with Gasteiger partial charge in [0.15, 0.2) is 0 Å². The van der Waals surface area contributed by atoms with Crippen LogP contribution < -0.4 is 0 Å². The summed E-state index contributed by atoms with van der Waals surface area (Å²) < 4.78 is 1.76. The maximum absolute atomic E-state index is 12.3. The maximum atomic E-state index is 12.3. The van der Waals surface area contributed by atoms with E-state index in [2.05, 4.69) is 5.10 Å². The molecule has 1 amide bonds. The lowest BCUT2D eigenvalue weighted by atomic mass is 10.1. The minimum atomic E-state index is -0.845. The summed E-state index contributed by atoms with van der Waals surface area (Å²) in [4.78, 5) is 24.9. The summed E-state index contributed by atoms with van der Waals surface area (Å²) in [6, 6.07) is 1.72. The third-order valence-corrected chi connectivity index (χ3v) is 4.57. The SMILES string of the molecule is Cn1nccc1CCC(=O)N1CCSCC1CC(=O)O. The number of aryl methyl sites for hydroxylation is 2. The summed E-state index contributed by atoms with van der Waals surface area (Å²) >= 11 is 1.71. The first-order valence-corrected chi connectivity index (χ1v) is 7.79. The van der Waals surface area contributed by atoms with Gasteiger partial charge in [-0.3, -0.25) is 14.3 Å². The van der Waals surface area contributed by atoms with Crippen LogP contribution in [-0.4, -0.2) is 55.8 Å². The molecule has 1 aromatic rings. The molecule has 20 heavy (non-hydrogen) atoms. The average molecular weight is 297 g/mol. The number of carbonyl (C=O) groups excluding carboxylic acids is 1. The molecule has 1 aliphatic rings. The Morgan fingerprint density at radius 2 is 2.35 bits per heavy atom. The average Bonchev–Trinajstić information content (AvgIpc) is 2.81. The summed E-state index contributed by atoms with van der Waals surface area (Å²) in [5.41, 5.74) is 1.01. The Balaban J connectivity index is 1.92. The fourth-order valence-electron chi connectivity index (χ4n) is 2.38. The van der Waals surface area contributed by atoms with Gasteiger partial charge < -0.3 is 10.0 Å². The molecular weight excluding hydrogens is 278 g/mol. The molecule has 2 rings (SSSR count). The van der Waals surface area contributed by atoms with Gasteiger partial charge in [0, 0.05) is 43.4 Å².